The van der Waals surface area contributed by atoms with Gasteiger partial charge in [-0.2, -0.15) is 0 Å². The first-order valence-corrected chi connectivity index (χ1v) is 10.1. The van der Waals surface area contributed by atoms with Crippen LogP contribution in [-0.2, 0) is 9.63 Å². The van der Waals surface area contributed by atoms with E-state index in [0.29, 0.717) is 5.56 Å². The number of nitro benzene ring substituents is 1. The van der Waals surface area contributed by atoms with Crippen molar-refractivity contribution in [3.05, 3.63) is 99.6 Å². The molecule has 3 rings (SSSR count). The first-order valence-electron chi connectivity index (χ1n) is 9.24. The van der Waals surface area contributed by atoms with E-state index in [-0.39, 0.29) is 22.5 Å². The van der Waals surface area contributed by atoms with Gasteiger partial charge < -0.3 is 4.84 Å². The molecule has 0 bridgehead atoms. The van der Waals surface area contributed by atoms with Crippen molar-refractivity contribution in [3.8, 4) is 0 Å². The highest BCUT2D eigenvalue weighted by Crippen LogP contribution is 2.28. The number of hydrogen-bond acceptors (Lipinski definition) is 7. The maximum absolute atomic E-state index is 13.2. The fraction of sp³-hybridized carbons (Fsp3) is 0.0870. The van der Waals surface area contributed by atoms with Gasteiger partial charge in [-0.3, -0.25) is 14.9 Å². The van der Waals surface area contributed by atoms with Gasteiger partial charge in [0.15, 0.2) is 5.71 Å². The molecule has 7 nitrogen and oxygen atoms in total. The topological polar surface area (TPSA) is 98.9 Å². The van der Waals surface area contributed by atoms with Gasteiger partial charge >= 0.3 is 5.97 Å². The number of rotatable bonds is 7. The molecule has 0 aliphatic rings. The molecule has 0 fully saturated rings. The first-order chi connectivity index (χ1) is 14.9. The van der Waals surface area contributed by atoms with Gasteiger partial charge in [-0.15, -0.1) is 0 Å². The van der Waals surface area contributed by atoms with Crippen LogP contribution in [0.5, 0.6) is 0 Å². The smallest absolute Gasteiger partial charge is 0.318 e. The molecule has 0 saturated carbocycles. The van der Waals surface area contributed by atoms with Crippen molar-refractivity contribution in [3.63, 3.8) is 0 Å². The quantitative estimate of drug-likeness (QED) is 0.167. The maximum Gasteiger partial charge on any atom is 0.332 e. The molecule has 0 unspecified atom stereocenters. The van der Waals surface area contributed by atoms with Gasteiger partial charge in [0, 0.05) is 39.5 Å². The zero-order valence-electron chi connectivity index (χ0n) is 16.8. The number of Topliss-reactive ketones (excluding diaryl/α,β-unsaturated/α-hetero) is 1. The van der Waals surface area contributed by atoms with Gasteiger partial charge in [0.1, 0.15) is 0 Å². The molecule has 3 aromatic rings. The molecule has 0 saturated heterocycles. The minimum atomic E-state index is -0.706. The largest absolute Gasteiger partial charge is 0.332 e. The van der Waals surface area contributed by atoms with Gasteiger partial charge in [-0.05, 0) is 43.3 Å². The zero-order chi connectivity index (χ0) is 22.4. The number of carbonyl (C=O) groups excluding carboxylic acids is 2. The second kappa shape index (κ2) is 9.82. The molecule has 0 N–H and O–H groups in total. The van der Waals surface area contributed by atoms with Crippen molar-refractivity contribution >= 4 is 34.9 Å². The van der Waals surface area contributed by atoms with E-state index in [1.165, 1.54) is 25.1 Å². The Morgan fingerprint density at radius 3 is 2.19 bits per heavy atom. The van der Waals surface area contributed by atoms with Gasteiger partial charge in [0.2, 0.25) is 5.78 Å². The highest BCUT2D eigenvalue weighted by Gasteiger charge is 2.23. The number of carbonyl (C=O) groups is 2. The minimum Gasteiger partial charge on any atom is -0.318 e. The molecule has 156 valence electrons. The molecular weight excluding hydrogens is 416 g/mol. The number of ketones is 1. The fourth-order valence-electron chi connectivity index (χ4n) is 2.84. The molecule has 31 heavy (non-hydrogen) atoms. The van der Waals surface area contributed by atoms with Crippen LogP contribution >= 0.6 is 11.8 Å². The lowest BCUT2D eigenvalue weighted by Gasteiger charge is -2.09. The van der Waals surface area contributed by atoms with Crippen LogP contribution in [0.3, 0.4) is 0 Å². The molecule has 0 aliphatic carbocycles. The van der Waals surface area contributed by atoms with E-state index in [9.17, 15) is 19.7 Å². The highest BCUT2D eigenvalue weighted by molar-refractivity contribution is 7.99. The molecule has 8 heteroatoms. The Morgan fingerprint density at radius 1 is 0.935 bits per heavy atom. The van der Waals surface area contributed by atoms with Gasteiger partial charge in [0.25, 0.3) is 5.69 Å². The number of oxime groups is 1. The normalized spacial score (nSPS) is 11.1. The van der Waals surface area contributed by atoms with E-state index >= 15 is 0 Å². The Labute approximate surface area is 182 Å². The van der Waals surface area contributed by atoms with Crippen LogP contribution < -0.4 is 0 Å². The predicted octanol–water partition coefficient (Wildman–Crippen LogP) is 5.20. The van der Waals surface area contributed by atoms with Crippen LogP contribution in [0.1, 0.15) is 28.4 Å². The van der Waals surface area contributed by atoms with Crippen LogP contribution in [0.2, 0.25) is 0 Å². The second-order valence-electron chi connectivity index (χ2n) is 6.50. The van der Waals surface area contributed by atoms with Crippen LogP contribution in [0.15, 0.2) is 87.7 Å². The molecule has 0 heterocycles. The van der Waals surface area contributed by atoms with Crippen molar-refractivity contribution in [2.45, 2.75) is 23.6 Å². The molecule has 0 amide bonds. The summed E-state index contributed by atoms with van der Waals surface area (Å²) in [5.74, 6) is -1.22. The van der Waals surface area contributed by atoms with Crippen molar-refractivity contribution in [1.82, 2.24) is 0 Å². The Balaban J connectivity index is 1.94. The summed E-state index contributed by atoms with van der Waals surface area (Å²) in [6.07, 6.45) is 0. The highest BCUT2D eigenvalue weighted by atomic mass is 32.2. The maximum atomic E-state index is 13.2. The lowest BCUT2D eigenvalue weighted by molar-refractivity contribution is -0.385. The SMILES string of the molecule is CC(=O)O/N=C(/C(=O)c1ccc(Sc2ccccc2)cc1)c1cccc([N+](=O)[O-])c1C. The molecule has 0 spiro atoms. The minimum absolute atomic E-state index is 0.157. The number of nitrogens with zero attached hydrogens (tertiary/aromatic N) is 2. The van der Waals surface area contributed by atoms with Crippen LogP contribution in [0.25, 0.3) is 0 Å². The number of benzene rings is 3. The number of hydrogen-bond donors (Lipinski definition) is 0. The van der Waals surface area contributed by atoms with E-state index < -0.39 is 16.7 Å². The third kappa shape index (κ3) is 5.43. The average molecular weight is 434 g/mol. The number of nitro groups is 1. The summed E-state index contributed by atoms with van der Waals surface area (Å²) in [6, 6.07) is 21.0. The molecular formula is C23H18N2O5S. The van der Waals surface area contributed by atoms with E-state index in [1.807, 2.05) is 30.3 Å². The van der Waals surface area contributed by atoms with Gasteiger partial charge in [0.05, 0.1) is 4.92 Å². The molecule has 0 aliphatic heterocycles. The monoisotopic (exact) mass is 434 g/mol. The summed E-state index contributed by atoms with van der Waals surface area (Å²) in [5.41, 5.74) is 0.454. The Morgan fingerprint density at radius 2 is 1.58 bits per heavy atom. The third-order valence-corrected chi connectivity index (χ3v) is 5.35. The summed E-state index contributed by atoms with van der Waals surface area (Å²) < 4.78 is 0. The van der Waals surface area contributed by atoms with Crippen molar-refractivity contribution in [1.29, 1.82) is 0 Å². The standard InChI is InChI=1S/C23H18N2O5S/c1-15-20(9-6-10-21(15)25(28)29)22(24-30-16(2)26)23(27)17-11-13-19(14-12-17)31-18-7-4-3-5-8-18/h3-14H,1-2H3/b24-22+. The molecule has 0 radical (unpaired) electrons. The Kier molecular flexibility index (Phi) is 6.94. The summed E-state index contributed by atoms with van der Waals surface area (Å²) in [6.45, 7) is 2.67. The lowest BCUT2D eigenvalue weighted by Crippen LogP contribution is -2.18. The van der Waals surface area contributed by atoms with Crippen LogP contribution in [0, 0.1) is 17.0 Å². The van der Waals surface area contributed by atoms with Gasteiger partial charge in [-0.1, -0.05) is 47.2 Å². The average Bonchev–Trinajstić information content (AvgIpc) is 2.75. The molecule has 0 aromatic heterocycles. The van der Waals surface area contributed by atoms with E-state index in [0.717, 1.165) is 16.7 Å². The molecule has 3 aromatic carbocycles. The molecule has 0 atom stereocenters. The summed E-state index contributed by atoms with van der Waals surface area (Å²) in [7, 11) is 0. The lowest BCUT2D eigenvalue weighted by atomic mass is 9.96. The zero-order valence-corrected chi connectivity index (χ0v) is 17.6. The van der Waals surface area contributed by atoms with Crippen molar-refractivity contribution in [2.24, 2.45) is 5.16 Å². The summed E-state index contributed by atoms with van der Waals surface area (Å²) in [4.78, 5) is 41.9. The van der Waals surface area contributed by atoms with Crippen LogP contribution in [0.4, 0.5) is 5.69 Å². The predicted molar refractivity (Wildman–Crippen MR) is 117 cm³/mol. The Hall–Kier alpha value is -3.78. The van der Waals surface area contributed by atoms with E-state index in [1.54, 1.807) is 36.0 Å². The first kappa shape index (κ1) is 21.9. The second-order valence-corrected chi connectivity index (χ2v) is 7.65. The van der Waals surface area contributed by atoms with E-state index in [2.05, 4.69) is 5.16 Å². The van der Waals surface area contributed by atoms with Gasteiger partial charge in [-0.25, -0.2) is 4.79 Å². The summed E-state index contributed by atoms with van der Waals surface area (Å²) in [5, 5.41) is 15.0. The van der Waals surface area contributed by atoms with Crippen LogP contribution in [-0.4, -0.2) is 22.4 Å². The third-order valence-electron chi connectivity index (χ3n) is 4.33. The Bertz CT molecular complexity index is 1160. The fourth-order valence-corrected chi connectivity index (χ4v) is 3.67. The van der Waals surface area contributed by atoms with Crippen molar-refractivity contribution in [2.75, 3.05) is 0 Å². The summed E-state index contributed by atoms with van der Waals surface area (Å²) >= 11 is 1.55. The van der Waals surface area contributed by atoms with E-state index in [4.69, 9.17) is 4.84 Å². The van der Waals surface area contributed by atoms with Crippen molar-refractivity contribution < 1.29 is 19.3 Å².